The predicted molar refractivity (Wildman–Crippen MR) is 126 cm³/mol. The monoisotopic (exact) mass is 442 g/mol. The lowest BCUT2D eigenvalue weighted by molar-refractivity contribution is 0.0252. The van der Waals surface area contributed by atoms with E-state index in [4.69, 9.17) is 9.47 Å². The van der Waals surface area contributed by atoms with Gasteiger partial charge in [0, 0.05) is 49.9 Å². The van der Waals surface area contributed by atoms with Crippen LogP contribution in [-0.2, 0) is 11.2 Å². The molecule has 33 heavy (non-hydrogen) atoms. The lowest BCUT2D eigenvalue weighted by Gasteiger charge is -2.36. The molecule has 5 rings (SSSR count). The third kappa shape index (κ3) is 4.29. The van der Waals surface area contributed by atoms with E-state index in [0.717, 1.165) is 35.7 Å². The van der Waals surface area contributed by atoms with Gasteiger partial charge in [0.1, 0.15) is 11.9 Å². The summed E-state index contributed by atoms with van der Waals surface area (Å²) in [5.41, 5.74) is 4.08. The molecule has 168 valence electrons. The minimum atomic E-state index is -0.337. The molecule has 0 spiro atoms. The molecule has 3 aromatic carbocycles. The number of hydrogen-bond donors (Lipinski definition) is 0. The van der Waals surface area contributed by atoms with E-state index < -0.39 is 0 Å². The van der Waals surface area contributed by atoms with Crippen molar-refractivity contribution in [2.45, 2.75) is 12.5 Å². The molecule has 0 saturated carbocycles. The molecule has 0 N–H and O–H groups in total. The van der Waals surface area contributed by atoms with Gasteiger partial charge >= 0.3 is 5.97 Å². The summed E-state index contributed by atoms with van der Waals surface area (Å²) in [6.07, 6.45) is 0.235. The molecule has 2 aliphatic rings. The first-order valence-corrected chi connectivity index (χ1v) is 11.2. The number of fused-ring (bicyclic) bond motifs is 1. The molecule has 3 aromatic rings. The van der Waals surface area contributed by atoms with E-state index in [0.29, 0.717) is 30.6 Å². The van der Waals surface area contributed by atoms with Crippen LogP contribution >= 0.6 is 0 Å². The number of nitrogens with zero attached hydrogens (tertiary/aromatic N) is 2. The van der Waals surface area contributed by atoms with Crippen molar-refractivity contribution < 1.29 is 19.1 Å². The van der Waals surface area contributed by atoms with Gasteiger partial charge in [-0.25, -0.2) is 4.79 Å². The highest BCUT2D eigenvalue weighted by Crippen LogP contribution is 2.31. The number of cyclic esters (lactones) is 1. The van der Waals surface area contributed by atoms with Crippen LogP contribution in [0.4, 0.5) is 5.69 Å². The van der Waals surface area contributed by atoms with Crippen molar-refractivity contribution in [3.8, 4) is 5.75 Å². The first-order valence-electron chi connectivity index (χ1n) is 11.2. The van der Waals surface area contributed by atoms with Crippen molar-refractivity contribution in [3.05, 3.63) is 95.1 Å². The molecule has 1 fully saturated rings. The van der Waals surface area contributed by atoms with Gasteiger partial charge in [-0.3, -0.25) is 4.79 Å². The first-order chi connectivity index (χ1) is 16.1. The maximum absolute atomic E-state index is 13.2. The van der Waals surface area contributed by atoms with Crippen LogP contribution in [0.2, 0.25) is 0 Å². The Kier molecular flexibility index (Phi) is 5.73. The quantitative estimate of drug-likeness (QED) is 0.569. The Morgan fingerprint density at radius 2 is 1.73 bits per heavy atom. The topological polar surface area (TPSA) is 59.1 Å². The van der Waals surface area contributed by atoms with Gasteiger partial charge in [0.25, 0.3) is 5.91 Å². The Morgan fingerprint density at radius 3 is 2.48 bits per heavy atom. The van der Waals surface area contributed by atoms with Crippen LogP contribution in [0.3, 0.4) is 0 Å². The Labute approximate surface area is 193 Å². The number of esters is 1. The van der Waals surface area contributed by atoms with E-state index in [-0.39, 0.29) is 18.0 Å². The van der Waals surface area contributed by atoms with E-state index in [1.54, 1.807) is 19.2 Å². The molecule has 0 radical (unpaired) electrons. The highest BCUT2D eigenvalue weighted by Gasteiger charge is 2.29. The third-order valence-corrected chi connectivity index (χ3v) is 6.38. The molecule has 1 unspecified atom stereocenters. The number of ether oxygens (including phenoxy) is 2. The third-order valence-electron chi connectivity index (χ3n) is 6.38. The van der Waals surface area contributed by atoms with E-state index >= 15 is 0 Å². The SMILES string of the molecule is COc1cccc(N2CCN(C(=O)c3ccc4c(c3)CC(c3ccccc3)OC4=O)CC2)c1. The second-order valence-electron chi connectivity index (χ2n) is 8.36. The number of rotatable bonds is 4. The fraction of sp³-hybridized carbons (Fsp3) is 0.259. The van der Waals surface area contributed by atoms with Gasteiger partial charge in [0.2, 0.25) is 0 Å². The van der Waals surface area contributed by atoms with Crippen molar-refractivity contribution >= 4 is 17.6 Å². The molecule has 0 aromatic heterocycles. The van der Waals surface area contributed by atoms with Crippen molar-refractivity contribution in [2.75, 3.05) is 38.2 Å². The second kappa shape index (κ2) is 8.98. The highest BCUT2D eigenvalue weighted by molar-refractivity contribution is 5.98. The molecular formula is C27H26N2O4. The van der Waals surface area contributed by atoms with Gasteiger partial charge in [-0.05, 0) is 41.5 Å². The number of piperazine rings is 1. The number of anilines is 1. The summed E-state index contributed by atoms with van der Waals surface area (Å²) < 4.78 is 11.0. The van der Waals surface area contributed by atoms with Gasteiger partial charge in [0.15, 0.2) is 0 Å². The van der Waals surface area contributed by atoms with Crippen LogP contribution in [-0.4, -0.2) is 50.1 Å². The summed E-state index contributed by atoms with van der Waals surface area (Å²) in [4.78, 5) is 29.9. The van der Waals surface area contributed by atoms with Gasteiger partial charge < -0.3 is 19.3 Å². The molecular weight excluding hydrogens is 416 g/mol. The largest absolute Gasteiger partial charge is 0.497 e. The van der Waals surface area contributed by atoms with Crippen LogP contribution in [0.5, 0.6) is 5.75 Å². The maximum atomic E-state index is 13.2. The lowest BCUT2D eigenvalue weighted by Crippen LogP contribution is -2.48. The second-order valence-corrected chi connectivity index (χ2v) is 8.36. The fourth-order valence-corrected chi connectivity index (χ4v) is 4.54. The summed E-state index contributed by atoms with van der Waals surface area (Å²) in [7, 11) is 1.66. The van der Waals surface area contributed by atoms with Crippen molar-refractivity contribution in [1.29, 1.82) is 0 Å². The molecule has 1 saturated heterocycles. The average Bonchev–Trinajstić information content (AvgIpc) is 2.88. The number of amides is 1. The number of methoxy groups -OCH3 is 1. The Hall–Kier alpha value is -3.80. The van der Waals surface area contributed by atoms with E-state index in [9.17, 15) is 9.59 Å². The molecule has 1 atom stereocenters. The zero-order valence-corrected chi connectivity index (χ0v) is 18.6. The molecule has 1 amide bonds. The number of carbonyl (C=O) groups is 2. The van der Waals surface area contributed by atoms with E-state index in [2.05, 4.69) is 11.0 Å². The van der Waals surface area contributed by atoms with Gasteiger partial charge in [-0.15, -0.1) is 0 Å². The summed E-state index contributed by atoms with van der Waals surface area (Å²) in [5, 5.41) is 0. The van der Waals surface area contributed by atoms with E-state index in [1.165, 1.54) is 0 Å². The van der Waals surface area contributed by atoms with E-state index in [1.807, 2.05) is 59.5 Å². The number of carbonyl (C=O) groups excluding carboxylic acids is 2. The molecule has 2 heterocycles. The van der Waals surface area contributed by atoms with Crippen LogP contribution in [0.1, 0.15) is 37.9 Å². The van der Waals surface area contributed by atoms with Crippen LogP contribution in [0, 0.1) is 0 Å². The summed E-state index contributed by atoms with van der Waals surface area (Å²) in [6, 6.07) is 23.0. The predicted octanol–water partition coefficient (Wildman–Crippen LogP) is 4.11. The first kappa shape index (κ1) is 21.1. The summed E-state index contributed by atoms with van der Waals surface area (Å²) >= 11 is 0. The number of hydrogen-bond acceptors (Lipinski definition) is 5. The molecule has 0 aliphatic carbocycles. The summed E-state index contributed by atoms with van der Waals surface area (Å²) in [6.45, 7) is 2.79. The maximum Gasteiger partial charge on any atom is 0.339 e. The van der Waals surface area contributed by atoms with Gasteiger partial charge in [-0.1, -0.05) is 36.4 Å². The minimum Gasteiger partial charge on any atom is -0.497 e. The average molecular weight is 443 g/mol. The van der Waals surface area contributed by atoms with Crippen molar-refractivity contribution in [2.24, 2.45) is 0 Å². The van der Waals surface area contributed by atoms with Gasteiger partial charge in [0.05, 0.1) is 12.7 Å². The summed E-state index contributed by atoms with van der Waals surface area (Å²) in [5.74, 6) is 0.488. The highest BCUT2D eigenvalue weighted by atomic mass is 16.5. The zero-order chi connectivity index (χ0) is 22.8. The van der Waals surface area contributed by atoms with Crippen LogP contribution in [0.15, 0.2) is 72.8 Å². The standard InChI is InChI=1S/C27H26N2O4/c1-32-23-9-5-8-22(18-23)28-12-14-29(15-13-28)26(30)20-10-11-24-21(16-20)17-25(33-27(24)31)19-6-3-2-4-7-19/h2-11,16,18,25H,12-15,17H2,1H3. The Morgan fingerprint density at radius 1 is 0.939 bits per heavy atom. The Balaban J connectivity index is 1.29. The Bertz CT molecular complexity index is 1170. The zero-order valence-electron chi connectivity index (χ0n) is 18.6. The smallest absolute Gasteiger partial charge is 0.339 e. The minimum absolute atomic E-state index is 0.00158. The molecule has 6 nitrogen and oxygen atoms in total. The van der Waals surface area contributed by atoms with Crippen molar-refractivity contribution in [3.63, 3.8) is 0 Å². The van der Waals surface area contributed by atoms with Crippen LogP contribution in [0.25, 0.3) is 0 Å². The molecule has 0 bridgehead atoms. The van der Waals surface area contributed by atoms with Gasteiger partial charge in [-0.2, -0.15) is 0 Å². The van der Waals surface area contributed by atoms with Crippen LogP contribution < -0.4 is 9.64 Å². The van der Waals surface area contributed by atoms with Crippen molar-refractivity contribution in [1.82, 2.24) is 4.90 Å². The normalized spacial score (nSPS) is 17.8. The molecule has 6 heteroatoms. The lowest BCUT2D eigenvalue weighted by atomic mass is 9.93. The number of benzene rings is 3. The molecule has 2 aliphatic heterocycles. The fourth-order valence-electron chi connectivity index (χ4n) is 4.54.